The van der Waals surface area contributed by atoms with E-state index < -0.39 is 18.0 Å². The molecule has 5 heteroatoms. The molecule has 0 saturated heterocycles. The summed E-state index contributed by atoms with van der Waals surface area (Å²) in [5.41, 5.74) is 0.324. The number of carboxylic acids is 1. The van der Waals surface area contributed by atoms with Gasteiger partial charge in [-0.05, 0) is 24.2 Å². The Bertz CT molecular complexity index is 289. The van der Waals surface area contributed by atoms with Crippen LogP contribution in [0.25, 0.3) is 0 Å². The van der Waals surface area contributed by atoms with Gasteiger partial charge in [-0.3, -0.25) is 0 Å². The van der Waals surface area contributed by atoms with Crippen LogP contribution in [0.5, 0.6) is 0 Å². The van der Waals surface area contributed by atoms with Crippen molar-refractivity contribution in [1.29, 1.82) is 0 Å². The van der Waals surface area contributed by atoms with Gasteiger partial charge >= 0.3 is 12.0 Å². The van der Waals surface area contributed by atoms with Gasteiger partial charge in [0.15, 0.2) is 0 Å². The number of aliphatic carboxylic acids is 1. The Hall–Kier alpha value is -1.26. The summed E-state index contributed by atoms with van der Waals surface area (Å²) in [7, 11) is 0. The second-order valence-corrected chi connectivity index (χ2v) is 5.04. The molecule has 1 fully saturated rings. The van der Waals surface area contributed by atoms with Gasteiger partial charge in [0.1, 0.15) is 6.04 Å². The second kappa shape index (κ2) is 4.72. The van der Waals surface area contributed by atoms with E-state index in [-0.39, 0.29) is 0 Å². The van der Waals surface area contributed by atoms with Crippen molar-refractivity contribution in [2.45, 2.75) is 39.7 Å². The number of urea groups is 1. The third-order valence-electron chi connectivity index (χ3n) is 3.24. The number of rotatable bonds is 5. The van der Waals surface area contributed by atoms with E-state index in [4.69, 9.17) is 5.11 Å². The lowest BCUT2D eigenvalue weighted by molar-refractivity contribution is -0.139. The molecule has 0 aliphatic heterocycles. The van der Waals surface area contributed by atoms with Gasteiger partial charge in [0, 0.05) is 6.54 Å². The lowest BCUT2D eigenvalue weighted by Gasteiger charge is -2.13. The zero-order valence-electron chi connectivity index (χ0n) is 10.0. The molecule has 3 N–H and O–H groups in total. The standard InChI is InChI=1S/C11H20N2O3/c1-4-8(9(14)15)13-10(16)12-6-7-5-11(7,2)3/h7-8H,4-6H2,1-3H3,(H,14,15)(H2,12,13,16)/t7?,8-/m0/s1. The van der Waals surface area contributed by atoms with Crippen LogP contribution in [0.4, 0.5) is 4.79 Å². The Balaban J connectivity index is 2.23. The molecule has 1 rings (SSSR count). The van der Waals surface area contributed by atoms with Crippen LogP contribution >= 0.6 is 0 Å². The van der Waals surface area contributed by atoms with Crippen LogP contribution in [0, 0.1) is 11.3 Å². The maximum atomic E-state index is 11.4. The molecule has 16 heavy (non-hydrogen) atoms. The van der Waals surface area contributed by atoms with Gasteiger partial charge in [0.05, 0.1) is 0 Å². The highest BCUT2D eigenvalue weighted by Gasteiger charge is 2.45. The summed E-state index contributed by atoms with van der Waals surface area (Å²) in [5.74, 6) is -0.479. The number of carbonyl (C=O) groups excluding carboxylic acids is 1. The maximum absolute atomic E-state index is 11.4. The largest absolute Gasteiger partial charge is 0.480 e. The Morgan fingerprint density at radius 1 is 1.50 bits per heavy atom. The molecule has 1 aliphatic rings. The van der Waals surface area contributed by atoms with Crippen LogP contribution in [0.1, 0.15) is 33.6 Å². The second-order valence-electron chi connectivity index (χ2n) is 5.04. The molecule has 0 heterocycles. The molecule has 1 unspecified atom stereocenters. The molecule has 5 nitrogen and oxygen atoms in total. The van der Waals surface area contributed by atoms with Crippen LogP contribution in [0.3, 0.4) is 0 Å². The summed E-state index contributed by atoms with van der Waals surface area (Å²) in [5, 5.41) is 13.9. The van der Waals surface area contributed by atoms with Crippen molar-refractivity contribution < 1.29 is 14.7 Å². The topological polar surface area (TPSA) is 78.4 Å². The molecule has 92 valence electrons. The van der Waals surface area contributed by atoms with Crippen LogP contribution in [0.2, 0.25) is 0 Å². The lowest BCUT2D eigenvalue weighted by atomic mass is 10.1. The lowest BCUT2D eigenvalue weighted by Crippen LogP contribution is -2.46. The number of hydrogen-bond acceptors (Lipinski definition) is 2. The third-order valence-corrected chi connectivity index (χ3v) is 3.24. The summed E-state index contributed by atoms with van der Waals surface area (Å²) < 4.78 is 0. The van der Waals surface area contributed by atoms with Crippen molar-refractivity contribution in [2.75, 3.05) is 6.54 Å². The van der Waals surface area contributed by atoms with Gasteiger partial charge in [-0.2, -0.15) is 0 Å². The van der Waals surface area contributed by atoms with Gasteiger partial charge in [0.2, 0.25) is 0 Å². The molecule has 2 amide bonds. The Kier molecular flexibility index (Phi) is 3.78. The summed E-state index contributed by atoms with van der Waals surface area (Å²) in [6, 6.07) is -1.19. The van der Waals surface area contributed by atoms with Gasteiger partial charge in [0.25, 0.3) is 0 Å². The molecule has 0 aromatic heterocycles. The molecular formula is C11H20N2O3. The van der Waals surface area contributed by atoms with E-state index in [9.17, 15) is 9.59 Å². The predicted octanol–water partition coefficient (Wildman–Crippen LogP) is 1.19. The minimum Gasteiger partial charge on any atom is -0.480 e. The zero-order valence-corrected chi connectivity index (χ0v) is 10.0. The van der Waals surface area contributed by atoms with E-state index in [0.717, 1.165) is 6.42 Å². The van der Waals surface area contributed by atoms with Crippen LogP contribution < -0.4 is 10.6 Å². The highest BCUT2D eigenvalue weighted by atomic mass is 16.4. The SMILES string of the molecule is CC[C@H](NC(=O)NCC1CC1(C)C)C(=O)O. The fraction of sp³-hybridized carbons (Fsp3) is 0.818. The number of carboxylic acid groups (broad SMARTS) is 1. The van der Waals surface area contributed by atoms with Crippen LogP contribution in [-0.4, -0.2) is 29.7 Å². The zero-order chi connectivity index (χ0) is 12.3. The molecular weight excluding hydrogens is 208 g/mol. The number of amides is 2. The molecule has 0 spiro atoms. The van der Waals surface area contributed by atoms with Crippen molar-refractivity contribution in [3.63, 3.8) is 0 Å². The number of carbonyl (C=O) groups is 2. The summed E-state index contributed by atoms with van der Waals surface area (Å²) >= 11 is 0. The highest BCUT2D eigenvalue weighted by molar-refractivity contribution is 5.82. The average molecular weight is 228 g/mol. The van der Waals surface area contributed by atoms with Crippen molar-refractivity contribution >= 4 is 12.0 Å². The number of nitrogens with one attached hydrogen (secondary N) is 2. The first-order valence-corrected chi connectivity index (χ1v) is 5.64. The molecule has 1 saturated carbocycles. The molecule has 1 aliphatic carbocycles. The maximum Gasteiger partial charge on any atom is 0.326 e. The Morgan fingerprint density at radius 2 is 2.06 bits per heavy atom. The van der Waals surface area contributed by atoms with E-state index >= 15 is 0 Å². The Labute approximate surface area is 95.6 Å². The molecule has 0 radical (unpaired) electrons. The van der Waals surface area contributed by atoms with Gasteiger partial charge in [-0.1, -0.05) is 20.8 Å². The summed E-state index contributed by atoms with van der Waals surface area (Å²) in [6.45, 7) is 6.66. The van der Waals surface area contributed by atoms with Gasteiger partial charge < -0.3 is 15.7 Å². The van der Waals surface area contributed by atoms with Gasteiger partial charge in [-0.15, -0.1) is 0 Å². The first kappa shape index (κ1) is 12.8. The molecule has 0 aromatic rings. The minimum absolute atomic E-state index is 0.324. The first-order valence-electron chi connectivity index (χ1n) is 5.64. The highest BCUT2D eigenvalue weighted by Crippen LogP contribution is 2.50. The first-order chi connectivity index (χ1) is 7.36. The van der Waals surface area contributed by atoms with E-state index in [1.807, 2.05) is 0 Å². The fourth-order valence-electron chi connectivity index (χ4n) is 1.69. The third kappa shape index (κ3) is 3.40. The van der Waals surface area contributed by atoms with Crippen molar-refractivity contribution in [3.8, 4) is 0 Å². The van der Waals surface area contributed by atoms with E-state index in [1.165, 1.54) is 0 Å². The van der Waals surface area contributed by atoms with E-state index in [2.05, 4.69) is 24.5 Å². The van der Waals surface area contributed by atoms with Crippen LogP contribution in [0.15, 0.2) is 0 Å². The summed E-state index contributed by atoms with van der Waals surface area (Å²) in [4.78, 5) is 22.1. The number of hydrogen-bond donors (Lipinski definition) is 3. The quantitative estimate of drug-likeness (QED) is 0.661. The molecule has 0 bridgehead atoms. The van der Waals surface area contributed by atoms with E-state index in [0.29, 0.717) is 24.3 Å². The minimum atomic E-state index is -0.996. The predicted molar refractivity (Wildman–Crippen MR) is 60.1 cm³/mol. The fourth-order valence-corrected chi connectivity index (χ4v) is 1.69. The smallest absolute Gasteiger partial charge is 0.326 e. The van der Waals surface area contributed by atoms with Crippen molar-refractivity contribution in [3.05, 3.63) is 0 Å². The Morgan fingerprint density at radius 3 is 2.44 bits per heavy atom. The molecule has 0 aromatic carbocycles. The monoisotopic (exact) mass is 228 g/mol. The molecule has 2 atom stereocenters. The normalized spacial score (nSPS) is 23.3. The summed E-state index contributed by atoms with van der Waals surface area (Å²) in [6.07, 6.45) is 1.50. The van der Waals surface area contributed by atoms with E-state index in [1.54, 1.807) is 6.92 Å². The van der Waals surface area contributed by atoms with Crippen molar-refractivity contribution in [1.82, 2.24) is 10.6 Å². The average Bonchev–Trinajstić information content (AvgIpc) is 2.79. The van der Waals surface area contributed by atoms with Crippen molar-refractivity contribution in [2.24, 2.45) is 11.3 Å². The van der Waals surface area contributed by atoms with Crippen LogP contribution in [-0.2, 0) is 4.79 Å². The van der Waals surface area contributed by atoms with Gasteiger partial charge in [-0.25, -0.2) is 9.59 Å².